The molecule has 0 aromatic heterocycles. The number of carboxylic acid groups (broad SMARTS) is 1. The maximum absolute atomic E-state index is 12.6. The smallest absolute Gasteiger partial charge is 0.328 e. The lowest BCUT2D eigenvalue weighted by Crippen LogP contribution is -2.71. The Morgan fingerprint density at radius 2 is 1.92 bits per heavy atom. The number of carboxylic acids is 1. The van der Waals surface area contributed by atoms with Gasteiger partial charge in [0.25, 0.3) is 0 Å². The van der Waals surface area contributed by atoms with Gasteiger partial charge >= 0.3 is 5.97 Å². The Hall–Kier alpha value is -2.22. The summed E-state index contributed by atoms with van der Waals surface area (Å²) in [5.41, 5.74) is 0.801. The van der Waals surface area contributed by atoms with Gasteiger partial charge in [-0.1, -0.05) is 30.3 Å². The van der Waals surface area contributed by atoms with Gasteiger partial charge in [-0.2, -0.15) is 0 Å². The molecule has 2 fully saturated rings. The van der Waals surface area contributed by atoms with Crippen molar-refractivity contribution in [2.45, 2.75) is 42.5 Å². The van der Waals surface area contributed by atoms with E-state index >= 15 is 0 Å². The number of nitrogens with one attached hydrogen (secondary N) is 1. The fourth-order valence-corrected chi connectivity index (χ4v) is 5.22. The summed E-state index contributed by atoms with van der Waals surface area (Å²) in [7, 11) is -1.58. The number of aliphatic carboxylic acids is 1. The maximum Gasteiger partial charge on any atom is 0.328 e. The molecule has 4 atom stereocenters. The van der Waals surface area contributed by atoms with E-state index in [-0.39, 0.29) is 12.3 Å². The van der Waals surface area contributed by atoms with Gasteiger partial charge in [0.1, 0.15) is 17.5 Å². The quantitative estimate of drug-likeness (QED) is 0.737. The average molecular weight is 350 g/mol. The molecule has 0 spiro atoms. The molecule has 0 radical (unpaired) electrons. The summed E-state index contributed by atoms with van der Waals surface area (Å²) >= 11 is 0. The Bertz CT molecular complexity index is 733. The number of amides is 2. The Balaban J connectivity index is 1.74. The second-order valence-corrected chi connectivity index (χ2v) is 8.62. The zero-order valence-electron chi connectivity index (χ0n) is 13.3. The van der Waals surface area contributed by atoms with Crippen LogP contribution in [0.4, 0.5) is 0 Å². The molecule has 1 aromatic carbocycles. The summed E-state index contributed by atoms with van der Waals surface area (Å²) in [6.45, 7) is 3.13. The lowest BCUT2D eigenvalue weighted by molar-refractivity contribution is -0.161. The van der Waals surface area contributed by atoms with E-state index in [0.717, 1.165) is 10.5 Å². The topological polar surface area (TPSA) is 104 Å². The van der Waals surface area contributed by atoms with E-state index in [2.05, 4.69) is 5.32 Å². The van der Waals surface area contributed by atoms with Crippen LogP contribution in [0.1, 0.15) is 19.4 Å². The van der Waals surface area contributed by atoms with Crippen LogP contribution in [0.5, 0.6) is 0 Å². The van der Waals surface area contributed by atoms with Crippen molar-refractivity contribution in [3.63, 3.8) is 0 Å². The normalized spacial score (nSPS) is 30.4. The maximum atomic E-state index is 12.6. The van der Waals surface area contributed by atoms with Crippen molar-refractivity contribution < 1.29 is 23.7 Å². The minimum Gasteiger partial charge on any atom is -0.480 e. The van der Waals surface area contributed by atoms with Crippen LogP contribution in [0.3, 0.4) is 0 Å². The molecule has 0 bridgehead atoms. The second kappa shape index (κ2) is 5.70. The van der Waals surface area contributed by atoms with E-state index in [0.29, 0.717) is 0 Å². The van der Waals surface area contributed by atoms with Gasteiger partial charge in [-0.05, 0) is 19.4 Å². The van der Waals surface area contributed by atoms with Crippen molar-refractivity contribution in [1.82, 2.24) is 10.2 Å². The molecule has 2 saturated heterocycles. The highest BCUT2D eigenvalue weighted by Crippen LogP contribution is 2.43. The highest BCUT2D eigenvalue weighted by atomic mass is 32.2. The van der Waals surface area contributed by atoms with Gasteiger partial charge in [0.05, 0.1) is 22.0 Å². The first-order valence-corrected chi connectivity index (χ1v) is 8.75. The largest absolute Gasteiger partial charge is 0.480 e. The van der Waals surface area contributed by atoms with E-state index in [4.69, 9.17) is 0 Å². The molecule has 24 heavy (non-hydrogen) atoms. The van der Waals surface area contributed by atoms with Crippen molar-refractivity contribution >= 4 is 28.6 Å². The van der Waals surface area contributed by atoms with Crippen molar-refractivity contribution in [2.24, 2.45) is 0 Å². The Labute approximate surface area is 141 Å². The van der Waals surface area contributed by atoms with Gasteiger partial charge in [0, 0.05) is 0 Å². The molecular formula is C16H18N2O5S. The fraction of sp³-hybridized carbons (Fsp3) is 0.438. The molecule has 3 rings (SSSR count). The average Bonchev–Trinajstić information content (AvgIpc) is 2.71. The summed E-state index contributed by atoms with van der Waals surface area (Å²) in [6.07, 6.45) is 0.107. The molecule has 2 heterocycles. The number of hydrogen-bond donors (Lipinski definition) is 2. The molecule has 128 valence electrons. The van der Waals surface area contributed by atoms with Gasteiger partial charge in [0.2, 0.25) is 11.8 Å². The lowest BCUT2D eigenvalue weighted by Gasteiger charge is -2.43. The van der Waals surface area contributed by atoms with Crippen molar-refractivity contribution in [1.29, 1.82) is 0 Å². The standard InChI is InChI=1S/C16H18N2O5S/c1-16(2)12(15(21)22)18-13(20)11(14(18)24(16)23)17-10(19)8-9-6-4-3-5-7-9/h3-7,11-12,14H,8H2,1-2H3,(H,17,19)(H,21,22)/t11-,12+,14+,24+/m1/s1. The zero-order valence-corrected chi connectivity index (χ0v) is 14.1. The van der Waals surface area contributed by atoms with Crippen molar-refractivity contribution in [2.75, 3.05) is 0 Å². The predicted molar refractivity (Wildman–Crippen MR) is 86.4 cm³/mol. The lowest BCUT2D eigenvalue weighted by atomic mass is 9.96. The first-order chi connectivity index (χ1) is 11.2. The SMILES string of the molecule is CC1(C)[C@H](C(=O)O)N2C(=O)[C@@H](NC(=O)Cc3ccccc3)[C@@H]2[S@@]1=O. The monoisotopic (exact) mass is 350 g/mol. The van der Waals surface area contributed by atoms with Crippen LogP contribution in [-0.2, 0) is 31.6 Å². The van der Waals surface area contributed by atoms with Crippen LogP contribution in [0.25, 0.3) is 0 Å². The van der Waals surface area contributed by atoms with Crippen molar-refractivity contribution in [3.8, 4) is 0 Å². The van der Waals surface area contributed by atoms with Gasteiger partial charge in [-0.15, -0.1) is 0 Å². The highest BCUT2D eigenvalue weighted by molar-refractivity contribution is 7.87. The van der Waals surface area contributed by atoms with Crippen LogP contribution in [-0.4, -0.2) is 54.2 Å². The first-order valence-electron chi connectivity index (χ1n) is 7.54. The third-order valence-corrected chi connectivity index (χ3v) is 6.71. The summed E-state index contributed by atoms with van der Waals surface area (Å²) in [5, 5.41) is 11.2. The Kier molecular flexibility index (Phi) is 3.95. The van der Waals surface area contributed by atoms with E-state index in [1.807, 2.05) is 18.2 Å². The zero-order chi connectivity index (χ0) is 17.6. The molecule has 0 aliphatic carbocycles. The Morgan fingerprint density at radius 3 is 2.50 bits per heavy atom. The predicted octanol–water partition coefficient (Wildman–Crippen LogP) is -0.124. The van der Waals surface area contributed by atoms with E-state index < -0.39 is 44.9 Å². The summed E-state index contributed by atoms with van der Waals surface area (Å²) in [5.74, 6) is -2.03. The molecule has 0 unspecified atom stereocenters. The molecule has 2 amide bonds. The number of carbonyl (C=O) groups is 3. The minimum atomic E-state index is -1.58. The minimum absolute atomic E-state index is 0.107. The number of rotatable bonds is 4. The van der Waals surface area contributed by atoms with Crippen LogP contribution in [0, 0.1) is 0 Å². The Morgan fingerprint density at radius 1 is 1.29 bits per heavy atom. The number of carbonyl (C=O) groups excluding carboxylic acids is 2. The number of fused-ring (bicyclic) bond motifs is 1. The summed E-state index contributed by atoms with van der Waals surface area (Å²) < 4.78 is 11.5. The number of benzene rings is 1. The molecule has 7 nitrogen and oxygen atoms in total. The van der Waals surface area contributed by atoms with E-state index in [1.165, 1.54) is 0 Å². The van der Waals surface area contributed by atoms with E-state index in [9.17, 15) is 23.7 Å². The molecule has 2 aliphatic rings. The van der Waals surface area contributed by atoms with Crippen LogP contribution < -0.4 is 5.32 Å². The van der Waals surface area contributed by atoms with Gasteiger partial charge in [-0.3, -0.25) is 13.8 Å². The van der Waals surface area contributed by atoms with Gasteiger partial charge in [0.15, 0.2) is 0 Å². The summed E-state index contributed by atoms with van der Waals surface area (Å²) in [6, 6.07) is 6.99. The molecule has 2 N–H and O–H groups in total. The summed E-state index contributed by atoms with van der Waals surface area (Å²) in [4.78, 5) is 37.0. The second-order valence-electron chi connectivity index (χ2n) is 6.49. The third kappa shape index (κ3) is 2.41. The molecular weight excluding hydrogens is 332 g/mol. The number of β-lactam (4-membered cyclic amide) rings is 1. The van der Waals surface area contributed by atoms with E-state index in [1.54, 1.807) is 26.0 Å². The highest BCUT2D eigenvalue weighted by Gasteiger charge is 2.68. The van der Waals surface area contributed by atoms with Crippen LogP contribution in [0.2, 0.25) is 0 Å². The number of nitrogens with zero attached hydrogens (tertiary/aromatic N) is 1. The van der Waals surface area contributed by atoms with Gasteiger partial charge in [-0.25, -0.2) is 4.79 Å². The first kappa shape index (κ1) is 16.6. The molecule has 8 heteroatoms. The van der Waals surface area contributed by atoms with Crippen LogP contribution >= 0.6 is 0 Å². The van der Waals surface area contributed by atoms with Crippen molar-refractivity contribution in [3.05, 3.63) is 35.9 Å². The fourth-order valence-electron chi connectivity index (χ4n) is 3.30. The van der Waals surface area contributed by atoms with Crippen LogP contribution in [0.15, 0.2) is 30.3 Å². The molecule has 2 aliphatic heterocycles. The van der Waals surface area contributed by atoms with Gasteiger partial charge < -0.3 is 15.3 Å². The number of hydrogen-bond acceptors (Lipinski definition) is 4. The molecule has 1 aromatic rings. The third-order valence-electron chi connectivity index (χ3n) is 4.51. The molecule has 0 saturated carbocycles.